The number of aliphatic carboxylic acids is 1. The highest BCUT2D eigenvalue weighted by atomic mass is 16.5. The van der Waals surface area contributed by atoms with Crippen LogP contribution in [0.2, 0.25) is 0 Å². The Labute approximate surface area is 186 Å². The molecule has 0 heterocycles. The van der Waals surface area contributed by atoms with E-state index in [1.54, 1.807) is 0 Å². The number of Topliss-reactive ketones (excluding diaryl/α,β-unsaturated/α-hetero) is 1. The quantitative estimate of drug-likeness (QED) is 0.600. The van der Waals surface area contributed by atoms with Crippen LogP contribution in [0.5, 0.6) is 0 Å². The zero-order valence-electron chi connectivity index (χ0n) is 19.7. The van der Waals surface area contributed by atoms with Crippen molar-refractivity contribution in [1.29, 1.82) is 0 Å². The van der Waals surface area contributed by atoms with E-state index in [-0.39, 0.29) is 35.2 Å². The number of carboxylic acids is 1. The predicted octanol–water partition coefficient (Wildman–Crippen LogP) is 5.26. The van der Waals surface area contributed by atoms with E-state index in [0.717, 1.165) is 32.1 Å². The lowest BCUT2D eigenvalue weighted by atomic mass is 9.44. The number of carboxylic acid groups (broad SMARTS) is 1. The van der Waals surface area contributed by atoms with Gasteiger partial charge in [-0.3, -0.25) is 14.4 Å². The molecule has 31 heavy (non-hydrogen) atoms. The number of fused-ring (bicyclic) bond motifs is 5. The number of hydrogen-bond donors (Lipinski definition) is 1. The lowest BCUT2D eigenvalue weighted by molar-refractivity contribution is -0.167. The van der Waals surface area contributed by atoms with Gasteiger partial charge in [-0.1, -0.05) is 20.8 Å². The van der Waals surface area contributed by atoms with Crippen molar-refractivity contribution >= 4 is 17.7 Å². The van der Waals surface area contributed by atoms with E-state index in [1.165, 1.54) is 19.8 Å². The molecule has 0 aromatic carbocycles. The highest BCUT2D eigenvalue weighted by Gasteiger charge is 2.64. The lowest BCUT2D eigenvalue weighted by Gasteiger charge is -2.60. The van der Waals surface area contributed by atoms with Crippen LogP contribution in [0.4, 0.5) is 0 Å². The zero-order chi connectivity index (χ0) is 22.6. The monoisotopic (exact) mass is 432 g/mol. The first kappa shape index (κ1) is 22.8. The average molecular weight is 433 g/mol. The number of hydrogen-bond acceptors (Lipinski definition) is 4. The Morgan fingerprint density at radius 2 is 1.87 bits per heavy atom. The fraction of sp³-hybridized carbons (Fsp3) is 0.885. The summed E-state index contributed by atoms with van der Waals surface area (Å²) in [4.78, 5) is 36.3. The molecule has 0 amide bonds. The van der Waals surface area contributed by atoms with Crippen LogP contribution in [0.15, 0.2) is 0 Å². The van der Waals surface area contributed by atoms with Crippen LogP contribution in [0, 0.1) is 46.3 Å². The molecule has 4 rings (SSSR count). The first-order valence-electron chi connectivity index (χ1n) is 12.5. The van der Waals surface area contributed by atoms with Crippen molar-refractivity contribution in [3.63, 3.8) is 0 Å². The van der Waals surface area contributed by atoms with Gasteiger partial charge in [0.15, 0.2) is 0 Å². The molecule has 4 aliphatic carbocycles. The Kier molecular flexibility index (Phi) is 6.02. The molecule has 4 aliphatic rings. The molecule has 0 radical (unpaired) electrons. The van der Waals surface area contributed by atoms with Gasteiger partial charge in [0.05, 0.1) is 0 Å². The fourth-order valence-corrected chi connectivity index (χ4v) is 8.76. The second-order valence-corrected chi connectivity index (χ2v) is 11.7. The third kappa shape index (κ3) is 3.74. The number of ketones is 1. The van der Waals surface area contributed by atoms with Crippen molar-refractivity contribution in [2.24, 2.45) is 46.3 Å². The topological polar surface area (TPSA) is 80.7 Å². The Bertz CT molecular complexity index is 746. The van der Waals surface area contributed by atoms with Gasteiger partial charge in [-0.15, -0.1) is 0 Å². The Balaban J connectivity index is 1.52. The molecule has 5 nitrogen and oxygen atoms in total. The van der Waals surface area contributed by atoms with Gasteiger partial charge in [0.25, 0.3) is 0 Å². The minimum absolute atomic E-state index is 0.0441. The molecule has 0 aliphatic heterocycles. The summed E-state index contributed by atoms with van der Waals surface area (Å²) in [5, 5.41) is 9.12. The molecule has 4 saturated carbocycles. The Morgan fingerprint density at radius 3 is 2.55 bits per heavy atom. The van der Waals surface area contributed by atoms with Gasteiger partial charge in [-0.25, -0.2) is 0 Å². The highest BCUT2D eigenvalue weighted by molar-refractivity contribution is 5.87. The van der Waals surface area contributed by atoms with E-state index < -0.39 is 5.97 Å². The molecule has 174 valence electrons. The van der Waals surface area contributed by atoms with Crippen LogP contribution in [-0.4, -0.2) is 28.9 Å². The highest BCUT2D eigenvalue weighted by Crippen LogP contribution is 2.67. The smallest absolute Gasteiger partial charge is 0.303 e. The Hall–Kier alpha value is -1.39. The molecule has 9 atom stereocenters. The van der Waals surface area contributed by atoms with Gasteiger partial charge in [0.2, 0.25) is 0 Å². The molecule has 0 bridgehead atoms. The minimum Gasteiger partial charge on any atom is -0.481 e. The largest absolute Gasteiger partial charge is 0.481 e. The molecular formula is C26H40O5. The average Bonchev–Trinajstić information content (AvgIpc) is 3.06. The molecule has 0 unspecified atom stereocenters. The van der Waals surface area contributed by atoms with E-state index in [0.29, 0.717) is 48.2 Å². The standard InChI is InChI=1S/C26H40O5/c1-15(5-10-24(29)30)20-8-9-21-19-7-6-17-13-18(31-16(2)27)11-12-25(17,3)22(19)14-23(28)26(20,21)4/h15,17-22H,5-14H2,1-4H3,(H,29,30)/t15-,17+,18+,19-,20+,21-,22-,25-,26+/m0/s1. The number of carbonyl (C=O) groups excluding carboxylic acids is 2. The second kappa shape index (κ2) is 8.19. The van der Waals surface area contributed by atoms with Crippen LogP contribution in [-0.2, 0) is 19.1 Å². The SMILES string of the molecule is CC(=O)O[C@@H]1CC[C@@]2(C)[C@H](CC[C@@H]3[C@@H]2CC(=O)[C@]2(C)[C@@H]([C@@H](C)CCC(=O)O)CC[C@@H]32)C1. The summed E-state index contributed by atoms with van der Waals surface area (Å²) in [5.74, 6) is 2.14. The van der Waals surface area contributed by atoms with Crippen molar-refractivity contribution in [3.05, 3.63) is 0 Å². The van der Waals surface area contributed by atoms with E-state index in [2.05, 4.69) is 20.8 Å². The van der Waals surface area contributed by atoms with Gasteiger partial charge >= 0.3 is 11.9 Å². The summed E-state index contributed by atoms with van der Waals surface area (Å²) >= 11 is 0. The van der Waals surface area contributed by atoms with E-state index in [1.807, 2.05) is 0 Å². The summed E-state index contributed by atoms with van der Waals surface area (Å²) < 4.78 is 5.56. The number of esters is 1. The van der Waals surface area contributed by atoms with E-state index >= 15 is 0 Å². The van der Waals surface area contributed by atoms with Gasteiger partial charge < -0.3 is 9.84 Å². The molecule has 0 saturated heterocycles. The molecule has 0 spiro atoms. The van der Waals surface area contributed by atoms with Gasteiger partial charge in [0, 0.05) is 25.2 Å². The molecule has 0 aromatic rings. The molecular weight excluding hydrogens is 392 g/mol. The first-order valence-corrected chi connectivity index (χ1v) is 12.5. The van der Waals surface area contributed by atoms with Crippen LogP contribution in [0.25, 0.3) is 0 Å². The molecule has 5 heteroatoms. The van der Waals surface area contributed by atoms with Crippen molar-refractivity contribution < 1.29 is 24.2 Å². The van der Waals surface area contributed by atoms with Crippen molar-refractivity contribution in [2.75, 3.05) is 0 Å². The summed E-state index contributed by atoms with van der Waals surface area (Å²) in [5.41, 5.74) is -0.110. The Morgan fingerprint density at radius 1 is 1.13 bits per heavy atom. The third-order valence-corrected chi connectivity index (χ3v) is 10.4. The lowest BCUT2D eigenvalue weighted by Crippen LogP contribution is -2.57. The minimum atomic E-state index is -0.739. The molecule has 1 N–H and O–H groups in total. The van der Waals surface area contributed by atoms with E-state index in [4.69, 9.17) is 9.84 Å². The number of rotatable bonds is 5. The molecule has 4 fully saturated rings. The first-order chi connectivity index (χ1) is 14.6. The van der Waals surface area contributed by atoms with Crippen molar-refractivity contribution in [3.8, 4) is 0 Å². The maximum absolute atomic E-state index is 13.7. The predicted molar refractivity (Wildman–Crippen MR) is 117 cm³/mol. The van der Waals surface area contributed by atoms with Crippen LogP contribution >= 0.6 is 0 Å². The fourth-order valence-electron chi connectivity index (χ4n) is 8.76. The van der Waals surface area contributed by atoms with Crippen LogP contribution < -0.4 is 0 Å². The van der Waals surface area contributed by atoms with E-state index in [9.17, 15) is 14.4 Å². The number of ether oxygens (including phenoxy) is 1. The van der Waals surface area contributed by atoms with Crippen LogP contribution in [0.3, 0.4) is 0 Å². The zero-order valence-corrected chi connectivity index (χ0v) is 19.7. The summed E-state index contributed by atoms with van der Waals surface area (Å²) in [7, 11) is 0. The molecule has 0 aromatic heterocycles. The normalized spacial score (nSPS) is 45.2. The maximum atomic E-state index is 13.7. The summed E-state index contributed by atoms with van der Waals surface area (Å²) in [6.07, 6.45) is 9.04. The second-order valence-electron chi connectivity index (χ2n) is 11.7. The summed E-state index contributed by atoms with van der Waals surface area (Å²) in [6.45, 7) is 8.29. The number of carbonyl (C=O) groups is 3. The van der Waals surface area contributed by atoms with Gasteiger partial charge in [-0.2, -0.15) is 0 Å². The van der Waals surface area contributed by atoms with Gasteiger partial charge in [-0.05, 0) is 92.3 Å². The third-order valence-electron chi connectivity index (χ3n) is 10.4. The maximum Gasteiger partial charge on any atom is 0.303 e. The van der Waals surface area contributed by atoms with Crippen molar-refractivity contribution in [1.82, 2.24) is 0 Å². The van der Waals surface area contributed by atoms with Gasteiger partial charge in [0.1, 0.15) is 11.9 Å². The van der Waals surface area contributed by atoms with Crippen molar-refractivity contribution in [2.45, 2.75) is 98.0 Å². The summed E-state index contributed by atoms with van der Waals surface area (Å²) in [6, 6.07) is 0. The van der Waals surface area contributed by atoms with Crippen LogP contribution in [0.1, 0.15) is 91.9 Å².